The highest BCUT2D eigenvalue weighted by Gasteiger charge is 2.15. The fourth-order valence-corrected chi connectivity index (χ4v) is 2.42. The van der Waals surface area contributed by atoms with Gasteiger partial charge in [-0.05, 0) is 49.7 Å². The Balaban J connectivity index is 1.89. The Morgan fingerprint density at radius 1 is 1.00 bits per heavy atom. The molecule has 136 valence electrons. The molecule has 0 fully saturated rings. The summed E-state index contributed by atoms with van der Waals surface area (Å²) < 4.78 is 22.0. The molecule has 26 heavy (non-hydrogen) atoms. The molecule has 3 rings (SSSR count). The molecule has 6 heteroatoms. The molecule has 0 saturated heterocycles. The topological polar surface area (TPSA) is 66.6 Å². The Kier molecular flexibility index (Phi) is 5.41. The number of hydrogen-bond acceptors (Lipinski definition) is 6. The molecule has 6 nitrogen and oxygen atoms in total. The summed E-state index contributed by atoms with van der Waals surface area (Å²) in [6.45, 7) is 4.10. The molecule has 0 N–H and O–H groups in total. The summed E-state index contributed by atoms with van der Waals surface area (Å²) in [5, 5.41) is 4.08. The van der Waals surface area contributed by atoms with E-state index in [4.69, 9.17) is 18.7 Å². The maximum atomic E-state index is 5.87. The molecule has 0 spiro atoms. The number of benzene rings is 2. The molecule has 0 amide bonds. The third-order valence-corrected chi connectivity index (χ3v) is 4.07. The van der Waals surface area contributed by atoms with Gasteiger partial charge in [-0.25, -0.2) is 0 Å². The van der Waals surface area contributed by atoms with Gasteiger partial charge < -0.3 is 18.7 Å². The van der Waals surface area contributed by atoms with Crippen LogP contribution in [0.4, 0.5) is 0 Å². The van der Waals surface area contributed by atoms with Crippen molar-refractivity contribution in [1.29, 1.82) is 0 Å². The van der Waals surface area contributed by atoms with E-state index >= 15 is 0 Å². The Labute approximate surface area is 152 Å². The molecule has 0 aliphatic heterocycles. The van der Waals surface area contributed by atoms with Gasteiger partial charge in [0.25, 0.3) is 5.89 Å². The second-order valence-corrected chi connectivity index (χ2v) is 5.86. The highest BCUT2D eigenvalue weighted by molar-refractivity contribution is 5.64. The summed E-state index contributed by atoms with van der Waals surface area (Å²) in [5.41, 5.74) is 1.59. The summed E-state index contributed by atoms with van der Waals surface area (Å²) in [6, 6.07) is 13.1. The standard InChI is InChI=1S/C20H22N2O4/c1-5-13(2)25-17-10-9-14(12-18(17)24-4)19-21-20(26-22-19)15-7-6-8-16(11-15)23-3/h6-13H,5H2,1-4H3. The van der Waals surface area contributed by atoms with Gasteiger partial charge >= 0.3 is 0 Å². The van der Waals surface area contributed by atoms with Crippen molar-refractivity contribution in [3.8, 4) is 40.1 Å². The predicted molar refractivity (Wildman–Crippen MR) is 98.7 cm³/mol. The van der Waals surface area contributed by atoms with Crippen LogP contribution in [0, 0.1) is 0 Å². The van der Waals surface area contributed by atoms with Crippen LogP contribution in [0.5, 0.6) is 17.2 Å². The van der Waals surface area contributed by atoms with Crippen LogP contribution in [0.3, 0.4) is 0 Å². The fourth-order valence-electron chi connectivity index (χ4n) is 2.42. The zero-order valence-corrected chi connectivity index (χ0v) is 15.4. The van der Waals surface area contributed by atoms with E-state index in [9.17, 15) is 0 Å². The van der Waals surface area contributed by atoms with Crippen LogP contribution >= 0.6 is 0 Å². The highest BCUT2D eigenvalue weighted by Crippen LogP contribution is 2.33. The van der Waals surface area contributed by atoms with Crippen LogP contribution in [0.25, 0.3) is 22.8 Å². The van der Waals surface area contributed by atoms with Crippen LogP contribution in [-0.4, -0.2) is 30.5 Å². The second kappa shape index (κ2) is 7.91. The number of hydrogen-bond donors (Lipinski definition) is 0. The Bertz CT molecular complexity index is 876. The maximum absolute atomic E-state index is 5.87. The normalized spacial score (nSPS) is 11.8. The van der Waals surface area contributed by atoms with Crippen molar-refractivity contribution >= 4 is 0 Å². The van der Waals surface area contributed by atoms with Crippen molar-refractivity contribution in [2.45, 2.75) is 26.4 Å². The summed E-state index contributed by atoms with van der Waals surface area (Å²) in [4.78, 5) is 4.48. The van der Waals surface area contributed by atoms with Crippen LogP contribution in [0.1, 0.15) is 20.3 Å². The van der Waals surface area contributed by atoms with Gasteiger partial charge in [0, 0.05) is 11.1 Å². The number of ether oxygens (including phenoxy) is 3. The molecule has 0 aliphatic rings. The molecule has 0 saturated carbocycles. The molecule has 3 aromatic rings. The number of rotatable bonds is 7. The largest absolute Gasteiger partial charge is 0.497 e. The second-order valence-electron chi connectivity index (χ2n) is 5.86. The third-order valence-electron chi connectivity index (χ3n) is 4.07. The number of methoxy groups -OCH3 is 2. The molecule has 1 heterocycles. The molecule has 2 aromatic carbocycles. The van der Waals surface area contributed by atoms with E-state index < -0.39 is 0 Å². The maximum Gasteiger partial charge on any atom is 0.258 e. The Hall–Kier alpha value is -3.02. The lowest BCUT2D eigenvalue weighted by Gasteiger charge is -2.15. The van der Waals surface area contributed by atoms with E-state index in [0.29, 0.717) is 23.2 Å². The van der Waals surface area contributed by atoms with Crippen molar-refractivity contribution in [3.63, 3.8) is 0 Å². The van der Waals surface area contributed by atoms with Gasteiger partial charge in [-0.2, -0.15) is 4.98 Å². The van der Waals surface area contributed by atoms with Crippen molar-refractivity contribution in [2.24, 2.45) is 0 Å². The van der Waals surface area contributed by atoms with Gasteiger partial charge in [-0.1, -0.05) is 18.1 Å². The van der Waals surface area contributed by atoms with E-state index in [1.165, 1.54) is 0 Å². The van der Waals surface area contributed by atoms with Gasteiger partial charge in [-0.3, -0.25) is 0 Å². The monoisotopic (exact) mass is 354 g/mol. The summed E-state index contributed by atoms with van der Waals surface area (Å²) in [6.07, 6.45) is 1.03. The van der Waals surface area contributed by atoms with Crippen molar-refractivity contribution in [3.05, 3.63) is 42.5 Å². The van der Waals surface area contributed by atoms with Gasteiger partial charge in [0.05, 0.1) is 20.3 Å². The molecule has 0 aliphatic carbocycles. The van der Waals surface area contributed by atoms with Gasteiger partial charge in [-0.15, -0.1) is 0 Å². The molecule has 1 atom stereocenters. The number of aromatic nitrogens is 2. The molecular formula is C20H22N2O4. The molecule has 0 bridgehead atoms. The van der Waals surface area contributed by atoms with Crippen molar-refractivity contribution in [2.75, 3.05) is 14.2 Å². The van der Waals surface area contributed by atoms with Crippen LogP contribution < -0.4 is 14.2 Å². The van der Waals surface area contributed by atoms with Crippen LogP contribution in [0.15, 0.2) is 47.0 Å². The quantitative estimate of drug-likeness (QED) is 0.618. The minimum Gasteiger partial charge on any atom is -0.497 e. The third kappa shape index (κ3) is 3.79. The molecular weight excluding hydrogens is 332 g/mol. The average molecular weight is 354 g/mol. The lowest BCUT2D eigenvalue weighted by atomic mass is 10.2. The lowest BCUT2D eigenvalue weighted by Crippen LogP contribution is -2.10. The molecule has 0 radical (unpaired) electrons. The summed E-state index contributed by atoms with van der Waals surface area (Å²) in [7, 11) is 3.23. The molecule has 1 unspecified atom stereocenters. The minimum atomic E-state index is 0.111. The first kappa shape index (κ1) is 17.8. The Morgan fingerprint density at radius 2 is 1.85 bits per heavy atom. The smallest absolute Gasteiger partial charge is 0.258 e. The fraction of sp³-hybridized carbons (Fsp3) is 0.300. The van der Waals surface area contributed by atoms with E-state index in [0.717, 1.165) is 23.3 Å². The van der Waals surface area contributed by atoms with Gasteiger partial charge in [0.1, 0.15) is 5.75 Å². The van der Waals surface area contributed by atoms with E-state index in [2.05, 4.69) is 17.1 Å². The highest BCUT2D eigenvalue weighted by atomic mass is 16.5. The SMILES string of the molecule is CCC(C)Oc1ccc(-c2noc(-c3cccc(OC)c3)n2)cc1OC. The zero-order chi connectivity index (χ0) is 18.5. The van der Waals surface area contributed by atoms with Crippen molar-refractivity contribution in [1.82, 2.24) is 10.1 Å². The first-order chi connectivity index (χ1) is 12.6. The van der Waals surface area contributed by atoms with Crippen molar-refractivity contribution < 1.29 is 18.7 Å². The van der Waals surface area contributed by atoms with E-state index in [1.807, 2.05) is 49.4 Å². The van der Waals surface area contributed by atoms with E-state index in [1.54, 1.807) is 14.2 Å². The first-order valence-electron chi connectivity index (χ1n) is 8.47. The van der Waals surface area contributed by atoms with Gasteiger partial charge in [0.2, 0.25) is 5.82 Å². The first-order valence-corrected chi connectivity index (χ1v) is 8.47. The van der Waals surface area contributed by atoms with Crippen LogP contribution in [-0.2, 0) is 0 Å². The lowest BCUT2D eigenvalue weighted by molar-refractivity contribution is 0.207. The van der Waals surface area contributed by atoms with Gasteiger partial charge in [0.15, 0.2) is 11.5 Å². The molecule has 1 aromatic heterocycles. The summed E-state index contributed by atoms with van der Waals surface area (Å²) >= 11 is 0. The number of nitrogens with zero attached hydrogens (tertiary/aromatic N) is 2. The zero-order valence-electron chi connectivity index (χ0n) is 15.4. The Morgan fingerprint density at radius 3 is 2.58 bits per heavy atom. The predicted octanol–water partition coefficient (Wildman–Crippen LogP) is 4.60. The minimum absolute atomic E-state index is 0.111. The van der Waals surface area contributed by atoms with E-state index in [-0.39, 0.29) is 6.10 Å². The average Bonchev–Trinajstić information content (AvgIpc) is 3.18. The summed E-state index contributed by atoms with van der Waals surface area (Å²) in [5.74, 6) is 2.97. The van der Waals surface area contributed by atoms with Crippen LogP contribution in [0.2, 0.25) is 0 Å².